The van der Waals surface area contributed by atoms with Gasteiger partial charge in [0, 0.05) is 19.1 Å². The molecule has 0 radical (unpaired) electrons. The van der Waals surface area contributed by atoms with Gasteiger partial charge in [-0.2, -0.15) is 0 Å². The molecule has 2 saturated heterocycles. The van der Waals surface area contributed by atoms with Gasteiger partial charge in [-0.05, 0) is 37.1 Å². The number of rotatable bonds is 5. The number of ether oxygens (including phenoxy) is 1. The van der Waals surface area contributed by atoms with E-state index >= 15 is 0 Å². The zero-order chi connectivity index (χ0) is 16.2. The first-order valence-electron chi connectivity index (χ1n) is 8.17. The summed E-state index contributed by atoms with van der Waals surface area (Å²) in [5.41, 5.74) is 0.411. The SMILES string of the molecule is O=C(C[C@H](O)c1cccc(F)c1)NC[C@H]1CN2CCC[C@@H]2CO1. The van der Waals surface area contributed by atoms with E-state index in [1.165, 1.54) is 31.0 Å². The minimum atomic E-state index is -0.999. The summed E-state index contributed by atoms with van der Waals surface area (Å²) < 4.78 is 18.9. The van der Waals surface area contributed by atoms with Gasteiger partial charge >= 0.3 is 0 Å². The minimum absolute atomic E-state index is 0.000359. The molecule has 1 aromatic rings. The van der Waals surface area contributed by atoms with Gasteiger partial charge in [0.05, 0.1) is 25.2 Å². The van der Waals surface area contributed by atoms with Gasteiger partial charge in [-0.25, -0.2) is 4.39 Å². The number of hydrogen-bond donors (Lipinski definition) is 2. The topological polar surface area (TPSA) is 61.8 Å². The lowest BCUT2D eigenvalue weighted by Crippen LogP contribution is -2.50. The number of aliphatic hydroxyl groups is 1. The Bertz CT molecular complexity index is 554. The molecule has 23 heavy (non-hydrogen) atoms. The third-order valence-electron chi connectivity index (χ3n) is 4.60. The van der Waals surface area contributed by atoms with E-state index in [0.29, 0.717) is 18.2 Å². The largest absolute Gasteiger partial charge is 0.388 e. The molecule has 2 aliphatic rings. The van der Waals surface area contributed by atoms with Crippen LogP contribution in [0.15, 0.2) is 24.3 Å². The third-order valence-corrected chi connectivity index (χ3v) is 4.60. The Morgan fingerprint density at radius 1 is 1.52 bits per heavy atom. The highest BCUT2D eigenvalue weighted by Gasteiger charge is 2.32. The first-order chi connectivity index (χ1) is 11.1. The van der Waals surface area contributed by atoms with Crippen molar-refractivity contribution in [1.29, 1.82) is 0 Å². The number of amides is 1. The van der Waals surface area contributed by atoms with Crippen molar-refractivity contribution in [3.05, 3.63) is 35.6 Å². The maximum atomic E-state index is 13.1. The molecule has 1 amide bonds. The fraction of sp³-hybridized carbons (Fsp3) is 0.588. The summed E-state index contributed by atoms with van der Waals surface area (Å²) in [4.78, 5) is 14.4. The summed E-state index contributed by atoms with van der Waals surface area (Å²) in [6, 6.07) is 6.22. The number of carbonyl (C=O) groups is 1. The van der Waals surface area contributed by atoms with Crippen LogP contribution in [-0.2, 0) is 9.53 Å². The number of fused-ring (bicyclic) bond motifs is 1. The molecule has 6 heteroatoms. The average molecular weight is 322 g/mol. The molecule has 2 fully saturated rings. The molecule has 1 aromatic carbocycles. The van der Waals surface area contributed by atoms with Gasteiger partial charge in [-0.1, -0.05) is 12.1 Å². The number of carbonyl (C=O) groups excluding carboxylic acids is 1. The lowest BCUT2D eigenvalue weighted by molar-refractivity contribution is -0.124. The maximum absolute atomic E-state index is 13.1. The van der Waals surface area contributed by atoms with E-state index in [-0.39, 0.29) is 18.4 Å². The normalized spacial score (nSPS) is 25.8. The quantitative estimate of drug-likeness (QED) is 0.856. The summed E-state index contributed by atoms with van der Waals surface area (Å²) in [7, 11) is 0. The van der Waals surface area contributed by atoms with Crippen molar-refractivity contribution in [3.8, 4) is 0 Å². The predicted molar refractivity (Wildman–Crippen MR) is 83.3 cm³/mol. The average Bonchev–Trinajstić information content (AvgIpc) is 3.00. The number of halogens is 1. The zero-order valence-electron chi connectivity index (χ0n) is 13.1. The van der Waals surface area contributed by atoms with Crippen LogP contribution < -0.4 is 5.32 Å². The Labute approximate surface area is 135 Å². The third kappa shape index (κ3) is 4.28. The first-order valence-corrected chi connectivity index (χ1v) is 8.17. The second-order valence-electron chi connectivity index (χ2n) is 6.33. The molecule has 2 aliphatic heterocycles. The molecule has 5 nitrogen and oxygen atoms in total. The molecule has 126 valence electrons. The molecule has 0 unspecified atom stereocenters. The monoisotopic (exact) mass is 322 g/mol. The molecule has 0 bridgehead atoms. The number of morpholine rings is 1. The van der Waals surface area contributed by atoms with E-state index in [4.69, 9.17) is 4.74 Å². The van der Waals surface area contributed by atoms with Gasteiger partial charge in [-0.15, -0.1) is 0 Å². The molecule has 0 saturated carbocycles. The smallest absolute Gasteiger partial charge is 0.223 e. The molecule has 3 atom stereocenters. The van der Waals surface area contributed by atoms with Crippen molar-refractivity contribution in [3.63, 3.8) is 0 Å². The highest BCUT2D eigenvalue weighted by molar-refractivity contribution is 5.76. The van der Waals surface area contributed by atoms with Crippen LogP contribution in [0.4, 0.5) is 4.39 Å². The van der Waals surface area contributed by atoms with Crippen LogP contribution in [0.25, 0.3) is 0 Å². The Morgan fingerprint density at radius 3 is 3.22 bits per heavy atom. The van der Waals surface area contributed by atoms with Gasteiger partial charge in [0.1, 0.15) is 5.82 Å². The molecule has 0 spiro atoms. The predicted octanol–water partition coefficient (Wildman–Crippen LogP) is 1.23. The van der Waals surface area contributed by atoms with Crippen molar-refractivity contribution >= 4 is 5.91 Å². The van der Waals surface area contributed by atoms with Gasteiger partial charge in [0.25, 0.3) is 0 Å². The molecule has 3 rings (SSSR count). The summed E-state index contributed by atoms with van der Waals surface area (Å²) in [5.74, 6) is -0.674. The minimum Gasteiger partial charge on any atom is -0.388 e. The highest BCUT2D eigenvalue weighted by Crippen LogP contribution is 2.22. The van der Waals surface area contributed by atoms with E-state index < -0.39 is 11.9 Å². The van der Waals surface area contributed by atoms with E-state index in [2.05, 4.69) is 10.2 Å². The first kappa shape index (κ1) is 16.4. The Kier molecular flexibility index (Phi) is 5.25. The summed E-state index contributed by atoms with van der Waals surface area (Å²) in [6.45, 7) is 3.12. The van der Waals surface area contributed by atoms with Crippen molar-refractivity contribution in [2.24, 2.45) is 0 Å². The Balaban J connectivity index is 1.42. The zero-order valence-corrected chi connectivity index (χ0v) is 13.1. The van der Waals surface area contributed by atoms with Crippen LogP contribution in [0.3, 0.4) is 0 Å². The summed E-state index contributed by atoms with van der Waals surface area (Å²) >= 11 is 0. The van der Waals surface area contributed by atoms with Crippen molar-refractivity contribution in [2.45, 2.75) is 37.5 Å². The van der Waals surface area contributed by atoms with E-state index in [0.717, 1.165) is 19.7 Å². The Morgan fingerprint density at radius 2 is 2.39 bits per heavy atom. The molecule has 0 aromatic heterocycles. The van der Waals surface area contributed by atoms with Crippen LogP contribution in [0.1, 0.15) is 30.9 Å². The summed E-state index contributed by atoms with van der Waals surface area (Å²) in [5, 5.41) is 12.8. The second kappa shape index (κ2) is 7.38. The lowest BCUT2D eigenvalue weighted by atomic mass is 10.1. The number of benzene rings is 1. The van der Waals surface area contributed by atoms with Gasteiger partial charge in [0.2, 0.25) is 5.91 Å². The van der Waals surface area contributed by atoms with Crippen LogP contribution >= 0.6 is 0 Å². The van der Waals surface area contributed by atoms with Crippen LogP contribution in [0, 0.1) is 5.82 Å². The van der Waals surface area contributed by atoms with Crippen molar-refractivity contribution < 1.29 is 19.0 Å². The van der Waals surface area contributed by atoms with Crippen LogP contribution in [0.2, 0.25) is 0 Å². The Hall–Kier alpha value is -1.50. The fourth-order valence-electron chi connectivity index (χ4n) is 3.32. The van der Waals surface area contributed by atoms with Gasteiger partial charge in [0.15, 0.2) is 0 Å². The van der Waals surface area contributed by atoms with Crippen LogP contribution in [0.5, 0.6) is 0 Å². The maximum Gasteiger partial charge on any atom is 0.223 e. The standard InChI is InChI=1S/C17H23FN2O3/c18-13-4-1-3-12(7-13)16(21)8-17(22)19-9-15-10-20-6-2-5-14(20)11-23-15/h1,3-4,7,14-16,21H,2,5-6,8-11H2,(H,19,22)/t14-,15+,16+/m1/s1. The van der Waals surface area contributed by atoms with E-state index in [9.17, 15) is 14.3 Å². The molecular formula is C17H23FN2O3. The van der Waals surface area contributed by atoms with E-state index in [1.807, 2.05) is 0 Å². The fourth-order valence-corrected chi connectivity index (χ4v) is 3.32. The second-order valence-corrected chi connectivity index (χ2v) is 6.33. The molecular weight excluding hydrogens is 299 g/mol. The van der Waals surface area contributed by atoms with Crippen molar-refractivity contribution in [2.75, 3.05) is 26.2 Å². The molecule has 0 aliphatic carbocycles. The lowest BCUT2D eigenvalue weighted by Gasteiger charge is -2.35. The number of hydrogen-bond acceptors (Lipinski definition) is 4. The number of aliphatic hydroxyl groups excluding tert-OH is 1. The highest BCUT2D eigenvalue weighted by atomic mass is 19.1. The summed E-state index contributed by atoms with van der Waals surface area (Å²) in [6.07, 6.45) is 1.33. The van der Waals surface area contributed by atoms with Gasteiger partial charge in [-0.3, -0.25) is 9.69 Å². The number of nitrogens with one attached hydrogen (secondary N) is 1. The molecule has 2 heterocycles. The van der Waals surface area contributed by atoms with Gasteiger partial charge < -0.3 is 15.2 Å². The number of nitrogens with zero attached hydrogens (tertiary/aromatic N) is 1. The molecule has 2 N–H and O–H groups in total. The van der Waals surface area contributed by atoms with E-state index in [1.54, 1.807) is 6.07 Å². The van der Waals surface area contributed by atoms with Crippen molar-refractivity contribution in [1.82, 2.24) is 10.2 Å². The van der Waals surface area contributed by atoms with Crippen LogP contribution in [-0.4, -0.2) is 54.3 Å².